The number of nitrogens with zero attached hydrogens (tertiary/aromatic N) is 1. The van der Waals surface area contributed by atoms with Crippen molar-refractivity contribution in [3.63, 3.8) is 0 Å². The molecule has 0 bridgehead atoms. The number of hydrogen-bond acceptors (Lipinski definition) is 4. The standard InChI is InChI=1S/C12H20N2O4S/c1-9(2)7-10(11(15)16)14-19(17,18)8-12(3-4-12)5-6-13/h9-10,14H,3-5,7-8H2,1-2H3,(H,15,16)/t10-/m0/s1. The van der Waals surface area contributed by atoms with Gasteiger partial charge in [-0.05, 0) is 30.6 Å². The largest absolute Gasteiger partial charge is 0.480 e. The van der Waals surface area contributed by atoms with E-state index >= 15 is 0 Å². The molecule has 0 spiro atoms. The molecule has 0 aromatic carbocycles. The molecule has 1 fully saturated rings. The molecule has 6 nitrogen and oxygen atoms in total. The number of nitriles is 1. The molecule has 1 saturated carbocycles. The average Bonchev–Trinajstić information content (AvgIpc) is 2.94. The summed E-state index contributed by atoms with van der Waals surface area (Å²) in [4.78, 5) is 11.0. The SMILES string of the molecule is CC(C)C[C@H](NS(=O)(=O)CC1(CC#N)CC1)C(=O)O. The van der Waals surface area contributed by atoms with Crippen LogP contribution in [0.15, 0.2) is 0 Å². The first-order chi connectivity index (χ1) is 8.70. The zero-order valence-electron chi connectivity index (χ0n) is 11.2. The number of nitrogens with one attached hydrogen (secondary N) is 1. The minimum atomic E-state index is -3.67. The van der Waals surface area contributed by atoms with E-state index in [1.54, 1.807) is 0 Å². The van der Waals surface area contributed by atoms with Crippen LogP contribution in [0.1, 0.15) is 39.5 Å². The third-order valence-corrected chi connectivity index (χ3v) is 4.87. The fraction of sp³-hybridized carbons (Fsp3) is 0.833. The molecule has 108 valence electrons. The third kappa shape index (κ3) is 5.17. The van der Waals surface area contributed by atoms with Crippen molar-refractivity contribution in [3.8, 4) is 6.07 Å². The molecule has 0 radical (unpaired) electrons. The van der Waals surface area contributed by atoms with Gasteiger partial charge in [0.15, 0.2) is 0 Å². The smallest absolute Gasteiger partial charge is 0.321 e. The van der Waals surface area contributed by atoms with E-state index in [1.165, 1.54) is 0 Å². The molecule has 0 unspecified atom stereocenters. The van der Waals surface area contributed by atoms with Crippen molar-refractivity contribution in [2.24, 2.45) is 11.3 Å². The molecular formula is C12H20N2O4S. The predicted octanol–water partition coefficient (Wildman–Crippen LogP) is 1.10. The molecular weight excluding hydrogens is 268 g/mol. The molecule has 0 aliphatic heterocycles. The fourth-order valence-electron chi connectivity index (χ4n) is 2.05. The van der Waals surface area contributed by atoms with Crippen LogP contribution < -0.4 is 4.72 Å². The van der Waals surface area contributed by atoms with Crippen molar-refractivity contribution in [2.45, 2.75) is 45.6 Å². The highest BCUT2D eigenvalue weighted by Gasteiger charge is 2.46. The molecule has 19 heavy (non-hydrogen) atoms. The molecule has 0 aromatic heterocycles. The van der Waals surface area contributed by atoms with E-state index in [1.807, 2.05) is 19.9 Å². The summed E-state index contributed by atoms with van der Waals surface area (Å²) in [6.07, 6.45) is 1.88. The van der Waals surface area contributed by atoms with Crippen LogP contribution in [0.25, 0.3) is 0 Å². The van der Waals surface area contributed by atoms with Crippen LogP contribution in [-0.2, 0) is 14.8 Å². The lowest BCUT2D eigenvalue weighted by molar-refractivity contribution is -0.139. The summed E-state index contributed by atoms with van der Waals surface area (Å²) in [5, 5.41) is 17.7. The Kier molecular flexibility index (Phi) is 4.93. The molecule has 1 rings (SSSR count). The highest BCUT2D eigenvalue weighted by Crippen LogP contribution is 2.49. The van der Waals surface area contributed by atoms with E-state index in [9.17, 15) is 13.2 Å². The molecule has 7 heteroatoms. The van der Waals surface area contributed by atoms with Gasteiger partial charge in [-0.25, -0.2) is 13.1 Å². The Hall–Kier alpha value is -1.13. The number of carbonyl (C=O) groups is 1. The van der Waals surface area contributed by atoms with Crippen LogP contribution in [-0.4, -0.2) is 31.3 Å². The summed E-state index contributed by atoms with van der Waals surface area (Å²) in [5.74, 6) is -1.24. The quantitative estimate of drug-likeness (QED) is 0.695. The zero-order chi connectivity index (χ0) is 14.7. The highest BCUT2D eigenvalue weighted by molar-refractivity contribution is 7.89. The first-order valence-electron chi connectivity index (χ1n) is 6.29. The minimum Gasteiger partial charge on any atom is -0.480 e. The summed E-state index contributed by atoms with van der Waals surface area (Å²) >= 11 is 0. The lowest BCUT2D eigenvalue weighted by Crippen LogP contribution is -2.43. The second-order valence-corrected chi connectivity index (χ2v) is 7.49. The van der Waals surface area contributed by atoms with Crippen LogP contribution in [0.3, 0.4) is 0 Å². The van der Waals surface area contributed by atoms with Gasteiger partial charge >= 0.3 is 5.97 Å². The second-order valence-electron chi connectivity index (χ2n) is 5.73. The van der Waals surface area contributed by atoms with Crippen molar-refractivity contribution in [1.82, 2.24) is 4.72 Å². The number of rotatable bonds is 8. The van der Waals surface area contributed by atoms with E-state index in [-0.39, 0.29) is 24.5 Å². The van der Waals surface area contributed by atoms with Gasteiger partial charge in [-0.1, -0.05) is 13.8 Å². The molecule has 0 amide bonds. The van der Waals surface area contributed by atoms with Gasteiger partial charge < -0.3 is 5.11 Å². The predicted molar refractivity (Wildman–Crippen MR) is 69.7 cm³/mol. The van der Waals surface area contributed by atoms with Gasteiger partial charge in [-0.2, -0.15) is 5.26 Å². The molecule has 0 heterocycles. The number of sulfonamides is 1. The van der Waals surface area contributed by atoms with Crippen LogP contribution in [0.4, 0.5) is 0 Å². The third-order valence-electron chi connectivity index (χ3n) is 3.23. The van der Waals surface area contributed by atoms with Crippen molar-refractivity contribution in [1.29, 1.82) is 5.26 Å². The Labute approximate surface area is 113 Å². The summed E-state index contributed by atoms with van der Waals surface area (Å²) < 4.78 is 26.2. The van der Waals surface area contributed by atoms with Gasteiger partial charge in [0.2, 0.25) is 10.0 Å². The summed E-state index contributed by atoms with van der Waals surface area (Å²) in [6, 6.07) is 0.898. The van der Waals surface area contributed by atoms with Gasteiger partial charge in [-0.15, -0.1) is 0 Å². The Morgan fingerprint density at radius 2 is 2.05 bits per heavy atom. The molecule has 1 atom stereocenters. The average molecular weight is 288 g/mol. The topological polar surface area (TPSA) is 107 Å². The number of aliphatic carboxylic acids is 1. The Balaban J connectivity index is 2.67. The van der Waals surface area contributed by atoms with Crippen LogP contribution in [0.5, 0.6) is 0 Å². The number of hydrogen-bond donors (Lipinski definition) is 2. The zero-order valence-corrected chi connectivity index (χ0v) is 12.0. The van der Waals surface area contributed by atoms with Gasteiger partial charge in [-0.3, -0.25) is 4.79 Å². The van der Waals surface area contributed by atoms with E-state index in [4.69, 9.17) is 10.4 Å². The minimum absolute atomic E-state index is 0.0813. The van der Waals surface area contributed by atoms with Gasteiger partial charge in [0.25, 0.3) is 0 Å². The highest BCUT2D eigenvalue weighted by atomic mass is 32.2. The number of carboxylic acids is 1. The van der Waals surface area contributed by atoms with Crippen LogP contribution in [0.2, 0.25) is 0 Å². The monoisotopic (exact) mass is 288 g/mol. The van der Waals surface area contributed by atoms with E-state index in [0.29, 0.717) is 12.8 Å². The van der Waals surface area contributed by atoms with E-state index in [2.05, 4.69) is 4.72 Å². The van der Waals surface area contributed by atoms with Crippen molar-refractivity contribution in [2.75, 3.05) is 5.75 Å². The second kappa shape index (κ2) is 5.88. The van der Waals surface area contributed by atoms with Gasteiger partial charge in [0, 0.05) is 6.42 Å². The lowest BCUT2D eigenvalue weighted by Gasteiger charge is -2.18. The Morgan fingerprint density at radius 3 is 2.42 bits per heavy atom. The van der Waals surface area contributed by atoms with Crippen LogP contribution in [0, 0.1) is 22.7 Å². The Bertz CT molecular complexity index is 474. The normalized spacial score (nSPS) is 18.8. The maximum absolute atomic E-state index is 12.0. The maximum atomic E-state index is 12.0. The molecule has 0 aromatic rings. The van der Waals surface area contributed by atoms with Gasteiger partial charge in [0.1, 0.15) is 6.04 Å². The first kappa shape index (κ1) is 15.9. The van der Waals surface area contributed by atoms with Crippen molar-refractivity contribution in [3.05, 3.63) is 0 Å². The first-order valence-corrected chi connectivity index (χ1v) is 7.95. The van der Waals surface area contributed by atoms with E-state index < -0.39 is 27.4 Å². The van der Waals surface area contributed by atoms with E-state index in [0.717, 1.165) is 0 Å². The summed E-state index contributed by atoms with van der Waals surface area (Å²) in [6.45, 7) is 3.67. The van der Waals surface area contributed by atoms with Crippen LogP contribution >= 0.6 is 0 Å². The molecule has 2 N–H and O–H groups in total. The summed E-state index contributed by atoms with van der Waals surface area (Å²) in [5.41, 5.74) is -0.457. The molecule has 0 saturated heterocycles. The Morgan fingerprint density at radius 1 is 1.47 bits per heavy atom. The van der Waals surface area contributed by atoms with Crippen molar-refractivity contribution >= 4 is 16.0 Å². The molecule has 1 aliphatic rings. The summed E-state index contributed by atoms with van der Waals surface area (Å²) in [7, 11) is -3.67. The fourth-order valence-corrected chi connectivity index (χ4v) is 3.96. The maximum Gasteiger partial charge on any atom is 0.321 e. The van der Waals surface area contributed by atoms with Crippen molar-refractivity contribution < 1.29 is 18.3 Å². The number of carboxylic acid groups (broad SMARTS) is 1. The molecule has 1 aliphatic carbocycles. The lowest BCUT2D eigenvalue weighted by atomic mass is 10.1. The van der Waals surface area contributed by atoms with Gasteiger partial charge in [0.05, 0.1) is 11.8 Å².